The second-order valence-electron chi connectivity index (χ2n) is 7.00. The fraction of sp³-hybridized carbons (Fsp3) is 0.474. The molecule has 2 aromatic rings. The van der Waals surface area contributed by atoms with Crippen LogP contribution in [0.15, 0.2) is 35.1 Å². The van der Waals surface area contributed by atoms with Crippen LogP contribution in [0.5, 0.6) is 0 Å². The summed E-state index contributed by atoms with van der Waals surface area (Å²) in [5.41, 5.74) is 1.50. The van der Waals surface area contributed by atoms with Crippen molar-refractivity contribution in [3.05, 3.63) is 46.2 Å². The largest absolute Gasteiger partial charge is 0.394 e. The van der Waals surface area contributed by atoms with Gasteiger partial charge >= 0.3 is 0 Å². The third kappa shape index (κ3) is 3.32. The number of aliphatic hydroxyl groups excluding tert-OH is 1. The van der Waals surface area contributed by atoms with Crippen molar-refractivity contribution in [1.29, 1.82) is 0 Å². The van der Waals surface area contributed by atoms with E-state index in [1.165, 1.54) is 4.57 Å². The van der Waals surface area contributed by atoms with Crippen LogP contribution < -0.4 is 5.56 Å². The van der Waals surface area contributed by atoms with E-state index in [4.69, 9.17) is 0 Å². The summed E-state index contributed by atoms with van der Waals surface area (Å²) in [5.74, 6) is -0.125. The molecule has 1 amide bonds. The lowest BCUT2D eigenvalue weighted by molar-refractivity contribution is -0.133. The minimum atomic E-state index is -0.188. The Bertz CT molecular complexity index is 843. The van der Waals surface area contributed by atoms with Gasteiger partial charge in [0.15, 0.2) is 0 Å². The van der Waals surface area contributed by atoms with Crippen LogP contribution in [0, 0.1) is 6.92 Å². The number of hydrogen-bond donors (Lipinski definition) is 1. The molecular formula is C19H25N3O3. The molecule has 1 aromatic heterocycles. The molecule has 1 saturated heterocycles. The van der Waals surface area contributed by atoms with Gasteiger partial charge in [0.2, 0.25) is 5.91 Å². The lowest BCUT2D eigenvalue weighted by atomic mass is 10.1. The van der Waals surface area contributed by atoms with Crippen molar-refractivity contribution >= 4 is 16.8 Å². The van der Waals surface area contributed by atoms with Gasteiger partial charge in [-0.3, -0.25) is 14.2 Å². The second kappa shape index (κ2) is 6.98. The standard InChI is InChI=1S/C19H25N3O3/c1-13-8-18(24)22(17-7-5-4-6-16(13)17)11-19(25)21-10-14(20(2)3)9-15(21)12-23/h4-8,14-15,23H,9-12H2,1-3H3/t14-,15+/m1/s1. The Morgan fingerprint density at radius 1 is 1.32 bits per heavy atom. The van der Waals surface area contributed by atoms with Gasteiger partial charge in [0.25, 0.3) is 5.56 Å². The Hall–Kier alpha value is -2.18. The molecule has 1 aliphatic rings. The van der Waals surface area contributed by atoms with Crippen LogP contribution >= 0.6 is 0 Å². The third-order valence-corrected chi connectivity index (χ3v) is 5.17. The van der Waals surface area contributed by atoms with Crippen LogP contribution in [-0.2, 0) is 11.3 Å². The topological polar surface area (TPSA) is 65.8 Å². The number of aromatic nitrogens is 1. The number of hydrogen-bond acceptors (Lipinski definition) is 4. The molecule has 0 saturated carbocycles. The van der Waals surface area contributed by atoms with Crippen LogP contribution in [-0.4, -0.2) is 64.7 Å². The van der Waals surface area contributed by atoms with Gasteiger partial charge in [-0.1, -0.05) is 18.2 Å². The molecule has 2 atom stereocenters. The molecule has 134 valence electrons. The van der Waals surface area contributed by atoms with Gasteiger partial charge in [0.1, 0.15) is 6.54 Å². The zero-order valence-corrected chi connectivity index (χ0v) is 15.0. The van der Waals surface area contributed by atoms with Gasteiger partial charge < -0.3 is 14.9 Å². The maximum Gasteiger partial charge on any atom is 0.251 e. The summed E-state index contributed by atoms with van der Waals surface area (Å²) < 4.78 is 1.53. The summed E-state index contributed by atoms with van der Waals surface area (Å²) in [7, 11) is 3.95. The molecule has 0 aliphatic carbocycles. The van der Waals surface area contributed by atoms with Gasteiger partial charge in [-0.05, 0) is 39.1 Å². The first-order valence-corrected chi connectivity index (χ1v) is 8.58. The van der Waals surface area contributed by atoms with Crippen LogP contribution in [0.25, 0.3) is 10.9 Å². The summed E-state index contributed by atoms with van der Waals surface area (Å²) in [4.78, 5) is 29.1. The van der Waals surface area contributed by atoms with Crippen LogP contribution in [0.3, 0.4) is 0 Å². The fourth-order valence-electron chi connectivity index (χ4n) is 3.64. The predicted octanol–water partition coefficient (Wildman–Crippen LogP) is 0.833. The number of likely N-dealkylation sites (tertiary alicyclic amines) is 1. The number of carbonyl (C=O) groups excluding carboxylic acids is 1. The van der Waals surface area contributed by atoms with Crippen molar-refractivity contribution in [2.24, 2.45) is 0 Å². The zero-order valence-electron chi connectivity index (χ0n) is 15.0. The molecule has 0 bridgehead atoms. The molecule has 25 heavy (non-hydrogen) atoms. The smallest absolute Gasteiger partial charge is 0.251 e. The van der Waals surface area contributed by atoms with Gasteiger partial charge in [-0.15, -0.1) is 0 Å². The van der Waals surface area contributed by atoms with Gasteiger partial charge in [0, 0.05) is 24.0 Å². The Labute approximate surface area is 147 Å². The van der Waals surface area contributed by atoms with E-state index >= 15 is 0 Å². The molecule has 1 aromatic carbocycles. The van der Waals surface area contributed by atoms with Crippen molar-refractivity contribution in [3.8, 4) is 0 Å². The number of likely N-dealkylation sites (N-methyl/N-ethyl adjacent to an activating group) is 1. The highest BCUT2D eigenvalue weighted by Crippen LogP contribution is 2.22. The molecule has 1 fully saturated rings. The van der Waals surface area contributed by atoms with Crippen molar-refractivity contribution in [3.63, 3.8) is 0 Å². The van der Waals surface area contributed by atoms with Crippen LogP contribution in [0.1, 0.15) is 12.0 Å². The van der Waals surface area contributed by atoms with E-state index in [2.05, 4.69) is 4.90 Å². The lowest BCUT2D eigenvalue weighted by Crippen LogP contribution is -2.42. The number of para-hydroxylation sites is 1. The maximum absolute atomic E-state index is 12.9. The van der Waals surface area contributed by atoms with Crippen molar-refractivity contribution in [2.45, 2.75) is 32.0 Å². The molecule has 1 N–H and O–H groups in total. The zero-order chi connectivity index (χ0) is 18.1. The summed E-state index contributed by atoms with van der Waals surface area (Å²) in [5, 5.41) is 10.6. The first kappa shape index (κ1) is 17.6. The number of rotatable bonds is 4. The molecule has 6 heteroatoms. The Morgan fingerprint density at radius 3 is 2.72 bits per heavy atom. The SMILES string of the molecule is Cc1cc(=O)n(CC(=O)N2C[C@H](N(C)C)C[C@H]2CO)c2ccccc12. The average Bonchev–Trinajstić information content (AvgIpc) is 3.03. The van der Waals surface area contributed by atoms with E-state index in [1.54, 1.807) is 11.0 Å². The molecule has 0 spiro atoms. The van der Waals surface area contributed by atoms with E-state index in [1.807, 2.05) is 45.3 Å². The first-order chi connectivity index (χ1) is 11.9. The molecule has 0 unspecified atom stereocenters. The van der Waals surface area contributed by atoms with Crippen molar-refractivity contribution in [2.75, 3.05) is 27.2 Å². The molecular weight excluding hydrogens is 318 g/mol. The number of carbonyl (C=O) groups is 1. The highest BCUT2D eigenvalue weighted by Gasteiger charge is 2.35. The van der Waals surface area contributed by atoms with E-state index < -0.39 is 0 Å². The number of aryl methyl sites for hydroxylation is 1. The van der Waals surface area contributed by atoms with E-state index in [9.17, 15) is 14.7 Å². The van der Waals surface area contributed by atoms with Gasteiger partial charge in [-0.2, -0.15) is 0 Å². The minimum absolute atomic E-state index is 0.00370. The summed E-state index contributed by atoms with van der Waals surface area (Å²) in [6.07, 6.45) is 0.749. The Kier molecular flexibility index (Phi) is 4.92. The Morgan fingerprint density at radius 2 is 2.04 bits per heavy atom. The number of nitrogens with zero attached hydrogens (tertiary/aromatic N) is 3. The van der Waals surface area contributed by atoms with Gasteiger partial charge in [-0.25, -0.2) is 0 Å². The fourth-order valence-corrected chi connectivity index (χ4v) is 3.64. The number of amides is 1. The summed E-state index contributed by atoms with van der Waals surface area (Å²) >= 11 is 0. The molecule has 2 heterocycles. The second-order valence-corrected chi connectivity index (χ2v) is 7.00. The quantitative estimate of drug-likeness (QED) is 0.893. The van der Waals surface area contributed by atoms with E-state index in [0.717, 1.165) is 22.9 Å². The molecule has 1 aliphatic heterocycles. The average molecular weight is 343 g/mol. The van der Waals surface area contributed by atoms with Crippen molar-refractivity contribution < 1.29 is 9.90 Å². The first-order valence-electron chi connectivity index (χ1n) is 8.58. The summed E-state index contributed by atoms with van der Waals surface area (Å²) in [6.45, 7) is 2.42. The van der Waals surface area contributed by atoms with Crippen LogP contribution in [0.2, 0.25) is 0 Å². The molecule has 3 rings (SSSR count). The third-order valence-electron chi connectivity index (χ3n) is 5.17. The number of benzene rings is 1. The number of pyridine rings is 1. The lowest BCUT2D eigenvalue weighted by Gasteiger charge is -2.24. The highest BCUT2D eigenvalue weighted by molar-refractivity contribution is 5.84. The minimum Gasteiger partial charge on any atom is -0.394 e. The Balaban J connectivity index is 1.91. The number of aliphatic hydroxyl groups is 1. The number of fused-ring (bicyclic) bond motifs is 1. The normalized spacial score (nSPS) is 20.6. The molecule has 6 nitrogen and oxygen atoms in total. The summed E-state index contributed by atoms with van der Waals surface area (Å²) in [6, 6.07) is 9.24. The van der Waals surface area contributed by atoms with E-state index in [0.29, 0.717) is 6.54 Å². The van der Waals surface area contributed by atoms with Gasteiger partial charge in [0.05, 0.1) is 18.2 Å². The maximum atomic E-state index is 12.9. The monoisotopic (exact) mass is 343 g/mol. The highest BCUT2D eigenvalue weighted by atomic mass is 16.3. The molecule has 0 radical (unpaired) electrons. The van der Waals surface area contributed by atoms with Crippen LogP contribution in [0.4, 0.5) is 0 Å². The predicted molar refractivity (Wildman–Crippen MR) is 97.6 cm³/mol. The van der Waals surface area contributed by atoms with E-state index in [-0.39, 0.29) is 36.7 Å². The van der Waals surface area contributed by atoms with Crippen molar-refractivity contribution in [1.82, 2.24) is 14.4 Å².